The van der Waals surface area contributed by atoms with E-state index in [-0.39, 0.29) is 5.92 Å². The SMILES string of the molecule is CCc1ccc(S(=O)(=O)N2CCC(c3nc4ccccc4[nH]3)CC2)cc1. The van der Waals surface area contributed by atoms with E-state index in [2.05, 4.69) is 16.9 Å². The highest BCUT2D eigenvalue weighted by Crippen LogP contribution is 2.30. The molecule has 0 radical (unpaired) electrons. The lowest BCUT2D eigenvalue weighted by Crippen LogP contribution is -2.38. The Kier molecular flexibility index (Phi) is 4.54. The van der Waals surface area contributed by atoms with Gasteiger partial charge in [-0.05, 0) is 49.1 Å². The highest BCUT2D eigenvalue weighted by molar-refractivity contribution is 7.89. The van der Waals surface area contributed by atoms with E-state index < -0.39 is 10.0 Å². The molecule has 1 aliphatic rings. The summed E-state index contributed by atoms with van der Waals surface area (Å²) in [7, 11) is -3.41. The van der Waals surface area contributed by atoms with Crippen LogP contribution in [0, 0.1) is 0 Å². The Hall–Kier alpha value is -2.18. The van der Waals surface area contributed by atoms with Crippen LogP contribution in [-0.2, 0) is 16.4 Å². The molecule has 1 saturated heterocycles. The summed E-state index contributed by atoms with van der Waals surface area (Å²) in [6.07, 6.45) is 2.47. The summed E-state index contributed by atoms with van der Waals surface area (Å²) < 4.78 is 27.4. The first-order valence-corrected chi connectivity index (χ1v) is 10.6. The van der Waals surface area contributed by atoms with E-state index in [1.807, 2.05) is 36.4 Å². The standard InChI is InChI=1S/C20H23N3O2S/c1-2-15-7-9-17(10-8-15)26(24,25)23-13-11-16(12-14-23)20-21-18-5-3-4-6-19(18)22-20/h3-10,16H,2,11-14H2,1H3,(H,21,22). The van der Waals surface area contributed by atoms with Crippen LogP contribution in [0.15, 0.2) is 53.4 Å². The molecular formula is C20H23N3O2S. The number of para-hydroxylation sites is 2. The van der Waals surface area contributed by atoms with E-state index in [0.717, 1.165) is 41.7 Å². The molecule has 1 aliphatic heterocycles. The highest BCUT2D eigenvalue weighted by Gasteiger charge is 2.31. The summed E-state index contributed by atoms with van der Waals surface area (Å²) in [5.41, 5.74) is 3.15. The predicted octanol–water partition coefficient (Wildman–Crippen LogP) is 3.69. The number of hydrogen-bond donors (Lipinski definition) is 1. The van der Waals surface area contributed by atoms with E-state index in [1.165, 1.54) is 0 Å². The molecule has 0 unspecified atom stereocenters. The first kappa shape index (κ1) is 17.2. The van der Waals surface area contributed by atoms with Crippen molar-refractivity contribution in [3.8, 4) is 0 Å². The maximum absolute atomic E-state index is 12.9. The average Bonchev–Trinajstić information content (AvgIpc) is 3.12. The number of hydrogen-bond acceptors (Lipinski definition) is 3. The lowest BCUT2D eigenvalue weighted by atomic mass is 9.97. The van der Waals surface area contributed by atoms with Gasteiger partial charge in [0.1, 0.15) is 5.82 Å². The van der Waals surface area contributed by atoms with E-state index in [9.17, 15) is 8.42 Å². The van der Waals surface area contributed by atoms with Gasteiger partial charge in [-0.2, -0.15) is 4.31 Å². The molecule has 136 valence electrons. The van der Waals surface area contributed by atoms with E-state index in [1.54, 1.807) is 16.4 Å². The number of sulfonamides is 1. The van der Waals surface area contributed by atoms with Gasteiger partial charge < -0.3 is 4.98 Å². The number of H-pyrrole nitrogens is 1. The molecule has 6 heteroatoms. The Morgan fingerprint density at radius 2 is 1.77 bits per heavy atom. The molecule has 0 atom stereocenters. The number of fused-ring (bicyclic) bond motifs is 1. The van der Waals surface area contributed by atoms with Crippen molar-refractivity contribution in [3.05, 3.63) is 59.9 Å². The minimum Gasteiger partial charge on any atom is -0.342 e. The second-order valence-electron chi connectivity index (χ2n) is 6.82. The van der Waals surface area contributed by atoms with Gasteiger partial charge in [0, 0.05) is 19.0 Å². The maximum atomic E-state index is 12.9. The van der Waals surface area contributed by atoms with Crippen LogP contribution in [0.4, 0.5) is 0 Å². The van der Waals surface area contributed by atoms with Crippen molar-refractivity contribution in [2.45, 2.75) is 37.0 Å². The van der Waals surface area contributed by atoms with Crippen LogP contribution in [0.3, 0.4) is 0 Å². The van der Waals surface area contributed by atoms with Crippen LogP contribution in [-0.4, -0.2) is 35.8 Å². The molecule has 0 bridgehead atoms. The highest BCUT2D eigenvalue weighted by atomic mass is 32.2. The molecule has 0 aliphatic carbocycles. The van der Waals surface area contributed by atoms with E-state index in [4.69, 9.17) is 0 Å². The number of nitrogens with zero attached hydrogens (tertiary/aromatic N) is 2. The summed E-state index contributed by atoms with van der Waals surface area (Å²) in [5, 5.41) is 0. The third-order valence-corrected chi connectivity index (χ3v) is 7.13. The molecule has 26 heavy (non-hydrogen) atoms. The second-order valence-corrected chi connectivity index (χ2v) is 8.75. The van der Waals surface area contributed by atoms with Crippen LogP contribution in [0.1, 0.15) is 37.1 Å². The minimum atomic E-state index is -3.41. The molecule has 1 fully saturated rings. The molecule has 0 saturated carbocycles. The number of benzene rings is 2. The lowest BCUT2D eigenvalue weighted by molar-refractivity contribution is 0.314. The van der Waals surface area contributed by atoms with Gasteiger partial charge in [-0.3, -0.25) is 0 Å². The molecule has 2 heterocycles. The number of imidazole rings is 1. The molecule has 0 spiro atoms. The maximum Gasteiger partial charge on any atom is 0.243 e. The van der Waals surface area contributed by atoms with E-state index in [0.29, 0.717) is 18.0 Å². The zero-order chi connectivity index (χ0) is 18.1. The Bertz CT molecular complexity index is 968. The Morgan fingerprint density at radius 1 is 1.08 bits per heavy atom. The monoisotopic (exact) mass is 369 g/mol. The fraction of sp³-hybridized carbons (Fsp3) is 0.350. The summed E-state index contributed by atoms with van der Waals surface area (Å²) in [6.45, 7) is 3.12. The first-order chi connectivity index (χ1) is 12.6. The zero-order valence-electron chi connectivity index (χ0n) is 14.9. The average molecular weight is 369 g/mol. The molecule has 3 aromatic rings. The minimum absolute atomic E-state index is 0.274. The number of rotatable bonds is 4. The summed E-state index contributed by atoms with van der Waals surface area (Å²) >= 11 is 0. The zero-order valence-corrected chi connectivity index (χ0v) is 15.7. The summed E-state index contributed by atoms with van der Waals surface area (Å²) in [5.74, 6) is 1.24. The van der Waals surface area contributed by atoms with Gasteiger partial charge in [0.05, 0.1) is 15.9 Å². The molecule has 5 nitrogen and oxygen atoms in total. The Labute approximate surface area is 154 Å². The molecule has 1 aromatic heterocycles. The number of nitrogens with one attached hydrogen (secondary N) is 1. The Balaban J connectivity index is 1.48. The smallest absolute Gasteiger partial charge is 0.243 e. The summed E-state index contributed by atoms with van der Waals surface area (Å²) in [4.78, 5) is 8.45. The molecule has 2 aromatic carbocycles. The molecule has 4 rings (SSSR count). The number of aromatic nitrogens is 2. The van der Waals surface area contributed by atoms with Crippen molar-refractivity contribution < 1.29 is 8.42 Å². The van der Waals surface area contributed by atoms with Gasteiger partial charge >= 0.3 is 0 Å². The van der Waals surface area contributed by atoms with Crippen molar-refractivity contribution in [2.75, 3.05) is 13.1 Å². The van der Waals surface area contributed by atoms with Gasteiger partial charge in [0.25, 0.3) is 0 Å². The third kappa shape index (κ3) is 3.15. The van der Waals surface area contributed by atoms with Crippen molar-refractivity contribution >= 4 is 21.1 Å². The van der Waals surface area contributed by atoms with Gasteiger partial charge in [0.2, 0.25) is 10.0 Å². The van der Waals surface area contributed by atoms with Gasteiger partial charge in [-0.25, -0.2) is 13.4 Å². The van der Waals surface area contributed by atoms with Crippen LogP contribution in [0.5, 0.6) is 0 Å². The largest absolute Gasteiger partial charge is 0.342 e. The van der Waals surface area contributed by atoms with Gasteiger partial charge in [-0.1, -0.05) is 31.2 Å². The van der Waals surface area contributed by atoms with Crippen LogP contribution in [0.2, 0.25) is 0 Å². The van der Waals surface area contributed by atoms with Crippen LogP contribution in [0.25, 0.3) is 11.0 Å². The van der Waals surface area contributed by atoms with Crippen molar-refractivity contribution in [2.24, 2.45) is 0 Å². The fourth-order valence-electron chi connectivity index (χ4n) is 3.58. The second kappa shape index (κ2) is 6.85. The predicted molar refractivity (Wildman–Crippen MR) is 103 cm³/mol. The quantitative estimate of drug-likeness (QED) is 0.763. The normalized spacial score (nSPS) is 17.0. The topological polar surface area (TPSA) is 66.1 Å². The summed E-state index contributed by atoms with van der Waals surface area (Å²) in [6, 6.07) is 15.2. The molecular weight excluding hydrogens is 346 g/mol. The molecule has 1 N–H and O–H groups in total. The third-order valence-electron chi connectivity index (χ3n) is 5.22. The van der Waals surface area contributed by atoms with Crippen molar-refractivity contribution in [3.63, 3.8) is 0 Å². The van der Waals surface area contributed by atoms with Crippen molar-refractivity contribution in [1.29, 1.82) is 0 Å². The van der Waals surface area contributed by atoms with Crippen molar-refractivity contribution in [1.82, 2.24) is 14.3 Å². The number of aryl methyl sites for hydroxylation is 1. The first-order valence-electron chi connectivity index (χ1n) is 9.11. The molecule has 0 amide bonds. The van der Waals surface area contributed by atoms with Gasteiger partial charge in [-0.15, -0.1) is 0 Å². The fourth-order valence-corrected chi connectivity index (χ4v) is 5.05. The number of aromatic amines is 1. The van der Waals surface area contributed by atoms with Crippen LogP contribution >= 0.6 is 0 Å². The van der Waals surface area contributed by atoms with Gasteiger partial charge in [0.15, 0.2) is 0 Å². The lowest BCUT2D eigenvalue weighted by Gasteiger charge is -2.30. The Morgan fingerprint density at radius 3 is 2.42 bits per heavy atom. The number of piperidine rings is 1. The van der Waals surface area contributed by atoms with Crippen LogP contribution < -0.4 is 0 Å². The van der Waals surface area contributed by atoms with E-state index >= 15 is 0 Å².